The minimum Gasteiger partial charge on any atom is -0.469 e. The van der Waals surface area contributed by atoms with Crippen LogP contribution >= 0.6 is 0 Å². The molecule has 0 aliphatic heterocycles. The molecule has 0 atom stereocenters. The zero-order chi connectivity index (χ0) is 29.1. The number of methoxy groups -OCH3 is 2. The number of hydrogen-bond donors (Lipinski definition) is 1. The number of nitro benzene ring substituents is 1. The van der Waals surface area contributed by atoms with Gasteiger partial charge in [0.25, 0.3) is 5.69 Å². The van der Waals surface area contributed by atoms with Gasteiger partial charge in [0.2, 0.25) is 0 Å². The lowest BCUT2D eigenvalue weighted by Gasteiger charge is -2.06. The largest absolute Gasteiger partial charge is 0.469 e. The van der Waals surface area contributed by atoms with Crippen molar-refractivity contribution in [1.82, 2.24) is 0 Å². The minimum atomic E-state index is -0.457. The fourth-order valence-corrected chi connectivity index (χ4v) is 3.08. The summed E-state index contributed by atoms with van der Waals surface area (Å²) in [4.78, 5) is 42.0. The molecule has 0 unspecified atom stereocenters. The van der Waals surface area contributed by atoms with Crippen molar-refractivity contribution in [3.63, 3.8) is 0 Å². The number of ether oxygens (including phenoxy) is 3. The van der Waals surface area contributed by atoms with Gasteiger partial charge in [0.05, 0.1) is 25.7 Å². The Kier molecular flexibility index (Phi) is 16.9. The van der Waals surface area contributed by atoms with Gasteiger partial charge in [-0.3, -0.25) is 19.7 Å². The number of carbonyl (C=O) groups is 3. The van der Waals surface area contributed by atoms with E-state index in [2.05, 4.69) is 27.2 Å². The molecule has 2 aromatic carbocycles. The van der Waals surface area contributed by atoms with Crippen LogP contribution in [-0.4, -0.2) is 43.7 Å². The van der Waals surface area contributed by atoms with E-state index in [1.165, 1.54) is 33.3 Å². The van der Waals surface area contributed by atoms with Crippen LogP contribution in [-0.2, 0) is 47.9 Å². The van der Waals surface area contributed by atoms with Crippen molar-refractivity contribution in [2.45, 2.75) is 53.4 Å². The number of nitro groups is 1. The molecule has 0 radical (unpaired) electrons. The predicted molar refractivity (Wildman–Crippen MR) is 146 cm³/mol. The fourth-order valence-electron chi connectivity index (χ4n) is 3.08. The highest BCUT2D eigenvalue weighted by Gasteiger charge is 2.11. The molecular formula is C28H38N2O8. The van der Waals surface area contributed by atoms with Crippen LogP contribution in [0, 0.1) is 10.1 Å². The molecule has 2 rings (SSSR count). The molecule has 0 heterocycles. The molecule has 0 saturated carbocycles. The second-order valence-corrected chi connectivity index (χ2v) is 7.74. The molecule has 10 nitrogen and oxygen atoms in total. The lowest BCUT2D eigenvalue weighted by molar-refractivity contribution is -0.385. The standard InChI is InChI=1S/C12H13NO4.C12H17NO2.C4H8O2/c1-3-10-8-9(5-7-12(14)17-2)4-6-11(10)13(15)16;1-3-10-8-9(4-6-11(10)13)5-7-12(14)15-2;1-3-6-4(2)5/h4-8H,3H2,1-2H3;4,6,8H,3,5,7,13H2,1-2H3;3H2,1-2H3/b7-5+;;. The van der Waals surface area contributed by atoms with Crippen molar-refractivity contribution < 1.29 is 33.5 Å². The first kappa shape index (κ1) is 33.8. The van der Waals surface area contributed by atoms with Crippen LogP contribution < -0.4 is 5.73 Å². The summed E-state index contributed by atoms with van der Waals surface area (Å²) in [5.74, 6) is -0.844. The highest BCUT2D eigenvalue weighted by Crippen LogP contribution is 2.21. The van der Waals surface area contributed by atoms with Gasteiger partial charge in [-0.1, -0.05) is 26.0 Å². The Balaban J connectivity index is 0.000000599. The van der Waals surface area contributed by atoms with E-state index in [1.807, 2.05) is 19.1 Å². The summed E-state index contributed by atoms with van der Waals surface area (Å²) < 4.78 is 13.4. The zero-order valence-corrected chi connectivity index (χ0v) is 22.9. The smallest absolute Gasteiger partial charge is 0.330 e. The van der Waals surface area contributed by atoms with Crippen LogP contribution in [0.15, 0.2) is 42.5 Å². The van der Waals surface area contributed by atoms with E-state index < -0.39 is 10.9 Å². The van der Waals surface area contributed by atoms with Gasteiger partial charge in [-0.2, -0.15) is 0 Å². The second-order valence-electron chi connectivity index (χ2n) is 7.74. The Labute approximate surface area is 223 Å². The van der Waals surface area contributed by atoms with Crippen molar-refractivity contribution in [3.8, 4) is 0 Å². The number of carbonyl (C=O) groups excluding carboxylic acids is 3. The summed E-state index contributed by atoms with van der Waals surface area (Å²) in [5, 5.41) is 10.7. The molecule has 0 spiro atoms. The number of benzene rings is 2. The van der Waals surface area contributed by atoms with E-state index in [9.17, 15) is 24.5 Å². The Bertz CT molecular complexity index is 1100. The maximum absolute atomic E-state index is 11.0. The van der Waals surface area contributed by atoms with Gasteiger partial charge in [-0.25, -0.2) is 4.79 Å². The van der Waals surface area contributed by atoms with Crippen molar-refractivity contribution in [1.29, 1.82) is 0 Å². The Morgan fingerprint density at radius 3 is 2.11 bits per heavy atom. The average Bonchev–Trinajstić information content (AvgIpc) is 2.91. The highest BCUT2D eigenvalue weighted by molar-refractivity contribution is 5.87. The van der Waals surface area contributed by atoms with Crippen LogP contribution in [0.5, 0.6) is 0 Å². The summed E-state index contributed by atoms with van der Waals surface area (Å²) in [6.07, 6.45) is 5.45. The molecule has 10 heteroatoms. The van der Waals surface area contributed by atoms with E-state index >= 15 is 0 Å². The summed E-state index contributed by atoms with van der Waals surface area (Å²) in [5.41, 5.74) is 10.4. The summed E-state index contributed by atoms with van der Waals surface area (Å²) in [6, 6.07) is 10.6. The highest BCUT2D eigenvalue weighted by atomic mass is 16.6. The van der Waals surface area contributed by atoms with Crippen LogP contribution in [0.1, 0.15) is 56.4 Å². The summed E-state index contributed by atoms with van der Waals surface area (Å²) >= 11 is 0. The van der Waals surface area contributed by atoms with E-state index in [1.54, 1.807) is 25.1 Å². The van der Waals surface area contributed by atoms with Gasteiger partial charge in [0, 0.05) is 36.7 Å². The van der Waals surface area contributed by atoms with Crippen molar-refractivity contribution in [2.24, 2.45) is 0 Å². The second kappa shape index (κ2) is 19.0. The third kappa shape index (κ3) is 13.8. The van der Waals surface area contributed by atoms with E-state index in [0.29, 0.717) is 31.4 Å². The van der Waals surface area contributed by atoms with Crippen LogP contribution in [0.3, 0.4) is 0 Å². The van der Waals surface area contributed by atoms with Gasteiger partial charge < -0.3 is 19.9 Å². The molecule has 0 aliphatic carbocycles. The number of esters is 3. The average molecular weight is 531 g/mol. The van der Waals surface area contributed by atoms with Gasteiger partial charge in [0.1, 0.15) is 0 Å². The lowest BCUT2D eigenvalue weighted by atomic mass is 10.0. The van der Waals surface area contributed by atoms with E-state index in [-0.39, 0.29) is 17.6 Å². The predicted octanol–water partition coefficient (Wildman–Crippen LogP) is 4.85. The molecule has 0 amide bonds. The number of aryl methyl sites for hydroxylation is 3. The van der Waals surface area contributed by atoms with Gasteiger partial charge >= 0.3 is 17.9 Å². The molecule has 0 fully saturated rings. The first-order chi connectivity index (χ1) is 18.0. The van der Waals surface area contributed by atoms with Gasteiger partial charge in [-0.15, -0.1) is 0 Å². The third-order valence-corrected chi connectivity index (χ3v) is 5.08. The molecule has 0 bridgehead atoms. The van der Waals surface area contributed by atoms with Crippen molar-refractivity contribution in [3.05, 3.63) is 74.8 Å². The van der Waals surface area contributed by atoms with E-state index in [4.69, 9.17) is 5.73 Å². The Morgan fingerprint density at radius 1 is 0.974 bits per heavy atom. The Morgan fingerprint density at radius 2 is 1.63 bits per heavy atom. The van der Waals surface area contributed by atoms with Crippen molar-refractivity contribution in [2.75, 3.05) is 26.6 Å². The van der Waals surface area contributed by atoms with Crippen LogP contribution in [0.2, 0.25) is 0 Å². The fraction of sp³-hybridized carbons (Fsp3) is 0.393. The molecule has 2 N–H and O–H groups in total. The monoisotopic (exact) mass is 530 g/mol. The molecule has 0 aliphatic rings. The summed E-state index contributed by atoms with van der Waals surface area (Å²) in [7, 11) is 2.70. The molecule has 0 aromatic heterocycles. The number of hydrogen-bond acceptors (Lipinski definition) is 9. The maximum atomic E-state index is 11.0. The number of nitrogens with zero attached hydrogens (tertiary/aromatic N) is 1. The molecule has 208 valence electrons. The van der Waals surface area contributed by atoms with Gasteiger partial charge in [0.15, 0.2) is 0 Å². The molecule has 2 aromatic rings. The Hall–Kier alpha value is -4.21. The number of anilines is 1. The molecular weight excluding hydrogens is 492 g/mol. The quantitative estimate of drug-likeness (QED) is 0.120. The maximum Gasteiger partial charge on any atom is 0.330 e. The molecule has 38 heavy (non-hydrogen) atoms. The number of nitrogens with two attached hydrogens (primary N) is 1. The lowest BCUT2D eigenvalue weighted by Crippen LogP contribution is -2.02. The SMILES string of the molecule is CCOC(C)=O.CCc1cc(/C=C/C(=O)OC)ccc1[N+](=O)[O-].CCc1cc(CCC(=O)OC)ccc1N. The third-order valence-electron chi connectivity index (χ3n) is 5.08. The number of rotatable bonds is 9. The topological polar surface area (TPSA) is 148 Å². The molecule has 0 saturated heterocycles. The first-order valence-electron chi connectivity index (χ1n) is 12.1. The van der Waals surface area contributed by atoms with Crippen LogP contribution in [0.25, 0.3) is 6.08 Å². The minimum absolute atomic E-state index is 0.0997. The van der Waals surface area contributed by atoms with Crippen molar-refractivity contribution >= 4 is 35.4 Å². The van der Waals surface area contributed by atoms with E-state index in [0.717, 1.165) is 28.8 Å². The van der Waals surface area contributed by atoms with Crippen LogP contribution in [0.4, 0.5) is 11.4 Å². The normalized spacial score (nSPS) is 9.84. The first-order valence-corrected chi connectivity index (χ1v) is 12.1. The summed E-state index contributed by atoms with van der Waals surface area (Å²) in [6.45, 7) is 7.56. The van der Waals surface area contributed by atoms with Gasteiger partial charge in [-0.05, 0) is 67.2 Å². The zero-order valence-electron chi connectivity index (χ0n) is 22.9. The number of nitrogen functional groups attached to an aromatic ring is 1.